The summed E-state index contributed by atoms with van der Waals surface area (Å²) in [6.07, 6.45) is 5.48. The third-order valence-electron chi connectivity index (χ3n) is 4.22. The number of rotatable bonds is 8. The lowest BCUT2D eigenvalue weighted by Crippen LogP contribution is -2.26. The van der Waals surface area contributed by atoms with Crippen LogP contribution in [0.2, 0.25) is 0 Å². The largest absolute Gasteiger partial charge is 0.460 e. The van der Waals surface area contributed by atoms with Crippen molar-refractivity contribution < 1.29 is 9.53 Å². The Morgan fingerprint density at radius 3 is 2.50 bits per heavy atom. The fourth-order valence-corrected chi connectivity index (χ4v) is 2.74. The Kier molecular flexibility index (Phi) is 7.10. The summed E-state index contributed by atoms with van der Waals surface area (Å²) in [4.78, 5) is 18.4. The quantitative estimate of drug-likeness (QED) is 0.406. The highest BCUT2D eigenvalue weighted by molar-refractivity contribution is 5.97. The van der Waals surface area contributed by atoms with Gasteiger partial charge in [-0.2, -0.15) is 5.26 Å². The zero-order chi connectivity index (χ0) is 18.9. The van der Waals surface area contributed by atoms with E-state index in [1.165, 1.54) is 0 Å². The lowest BCUT2D eigenvalue weighted by Gasteiger charge is -2.20. The van der Waals surface area contributed by atoms with E-state index in [0.717, 1.165) is 31.0 Å². The molecule has 6 heteroatoms. The summed E-state index contributed by atoms with van der Waals surface area (Å²) in [5.41, 5.74) is 1.94. The molecule has 0 saturated carbocycles. The third kappa shape index (κ3) is 5.28. The van der Waals surface area contributed by atoms with Gasteiger partial charge in [0.25, 0.3) is 0 Å². The second-order valence-corrected chi connectivity index (χ2v) is 6.08. The van der Waals surface area contributed by atoms with E-state index >= 15 is 0 Å². The zero-order valence-electron chi connectivity index (χ0n) is 15.7. The Bertz CT molecular complexity index is 700. The van der Waals surface area contributed by atoms with Gasteiger partial charge in [-0.25, -0.2) is 4.79 Å². The summed E-state index contributed by atoms with van der Waals surface area (Å²) in [5.74, 6) is -0.586. The maximum atomic E-state index is 12.1. The number of anilines is 1. The lowest BCUT2D eigenvalue weighted by molar-refractivity contribution is -0.138. The standard InChI is InChI=1S/C20H26N4O2/c1-4-24(5-2)19-8-6-17(7-9-19)14-18(15-21)20(25)26-13-12-23-11-10-22(3)16-23/h6-11,14H,4-5,12-13,16H2,1-3H3. The van der Waals surface area contributed by atoms with Gasteiger partial charge in [0.2, 0.25) is 0 Å². The van der Waals surface area contributed by atoms with Crippen LogP contribution in [0.25, 0.3) is 6.08 Å². The van der Waals surface area contributed by atoms with Gasteiger partial charge in [-0.3, -0.25) is 0 Å². The van der Waals surface area contributed by atoms with E-state index in [4.69, 9.17) is 4.74 Å². The smallest absolute Gasteiger partial charge is 0.348 e. The van der Waals surface area contributed by atoms with E-state index in [-0.39, 0.29) is 12.2 Å². The molecule has 26 heavy (non-hydrogen) atoms. The molecule has 6 nitrogen and oxygen atoms in total. The van der Waals surface area contributed by atoms with Crippen LogP contribution in [-0.4, -0.2) is 55.7 Å². The first kappa shape index (κ1) is 19.4. The van der Waals surface area contributed by atoms with Gasteiger partial charge in [0.05, 0.1) is 13.2 Å². The molecule has 1 aliphatic heterocycles. The number of hydrogen-bond acceptors (Lipinski definition) is 6. The summed E-state index contributed by atoms with van der Waals surface area (Å²) < 4.78 is 5.23. The van der Waals surface area contributed by atoms with Crippen LogP contribution in [0.1, 0.15) is 19.4 Å². The number of carbonyl (C=O) groups excluding carboxylic acids is 1. The normalized spacial score (nSPS) is 13.7. The second kappa shape index (κ2) is 9.52. The molecule has 1 aliphatic rings. The molecule has 0 aromatic heterocycles. The molecule has 138 valence electrons. The number of carbonyl (C=O) groups is 1. The molecular weight excluding hydrogens is 328 g/mol. The minimum absolute atomic E-state index is 0.00895. The monoisotopic (exact) mass is 354 g/mol. The van der Waals surface area contributed by atoms with Crippen molar-refractivity contribution >= 4 is 17.7 Å². The predicted octanol–water partition coefficient (Wildman–Crippen LogP) is 2.66. The van der Waals surface area contributed by atoms with Crippen molar-refractivity contribution in [3.8, 4) is 6.07 Å². The molecule has 0 atom stereocenters. The molecule has 0 bridgehead atoms. The van der Waals surface area contributed by atoms with Crippen LogP contribution in [0.15, 0.2) is 42.2 Å². The number of nitrogens with zero attached hydrogens (tertiary/aromatic N) is 4. The van der Waals surface area contributed by atoms with E-state index in [1.807, 2.05) is 59.6 Å². The summed E-state index contributed by atoms with van der Waals surface area (Å²) in [6.45, 7) is 7.71. The summed E-state index contributed by atoms with van der Waals surface area (Å²) in [5, 5.41) is 9.27. The van der Waals surface area contributed by atoms with Gasteiger partial charge < -0.3 is 19.4 Å². The van der Waals surface area contributed by atoms with E-state index in [9.17, 15) is 10.1 Å². The van der Waals surface area contributed by atoms with Gasteiger partial charge in [0, 0.05) is 38.2 Å². The van der Waals surface area contributed by atoms with E-state index in [1.54, 1.807) is 6.08 Å². The van der Waals surface area contributed by atoms with Crippen LogP contribution in [-0.2, 0) is 9.53 Å². The molecular formula is C20H26N4O2. The van der Waals surface area contributed by atoms with Crippen molar-refractivity contribution in [3.63, 3.8) is 0 Å². The molecule has 0 aliphatic carbocycles. The molecule has 1 heterocycles. The molecule has 1 aromatic carbocycles. The summed E-state index contributed by atoms with van der Waals surface area (Å²) in [6, 6.07) is 9.74. The van der Waals surface area contributed by atoms with E-state index in [2.05, 4.69) is 18.7 Å². The minimum atomic E-state index is -0.586. The van der Waals surface area contributed by atoms with Crippen LogP contribution >= 0.6 is 0 Å². The highest BCUT2D eigenvalue weighted by atomic mass is 16.5. The number of ether oxygens (including phenoxy) is 1. The first-order valence-electron chi connectivity index (χ1n) is 8.84. The van der Waals surface area contributed by atoms with Crippen LogP contribution in [0.5, 0.6) is 0 Å². The molecule has 0 unspecified atom stereocenters. The first-order chi connectivity index (χ1) is 12.6. The zero-order valence-corrected chi connectivity index (χ0v) is 15.7. The Morgan fingerprint density at radius 1 is 1.27 bits per heavy atom. The molecule has 0 amide bonds. The van der Waals surface area contributed by atoms with Crippen LogP contribution in [0.4, 0.5) is 5.69 Å². The molecule has 2 rings (SSSR count). The lowest BCUT2D eigenvalue weighted by atomic mass is 10.1. The molecule has 0 saturated heterocycles. The van der Waals surface area contributed by atoms with E-state index < -0.39 is 5.97 Å². The van der Waals surface area contributed by atoms with Gasteiger partial charge >= 0.3 is 5.97 Å². The molecule has 0 radical (unpaired) electrons. The molecule has 1 aromatic rings. The maximum absolute atomic E-state index is 12.1. The number of esters is 1. The van der Waals surface area contributed by atoms with Crippen molar-refractivity contribution in [1.82, 2.24) is 9.80 Å². The van der Waals surface area contributed by atoms with Crippen LogP contribution < -0.4 is 4.90 Å². The fourth-order valence-electron chi connectivity index (χ4n) is 2.74. The SMILES string of the molecule is CCN(CC)c1ccc(C=C(C#N)C(=O)OCCN2C=CN(C)C2)cc1. The van der Waals surface area contributed by atoms with Crippen LogP contribution in [0.3, 0.4) is 0 Å². The van der Waals surface area contributed by atoms with Crippen molar-refractivity contribution in [2.75, 3.05) is 44.9 Å². The maximum Gasteiger partial charge on any atom is 0.348 e. The van der Waals surface area contributed by atoms with Gasteiger partial charge in [-0.1, -0.05) is 12.1 Å². The third-order valence-corrected chi connectivity index (χ3v) is 4.22. The summed E-state index contributed by atoms with van der Waals surface area (Å²) >= 11 is 0. The van der Waals surface area contributed by atoms with Crippen molar-refractivity contribution in [1.29, 1.82) is 5.26 Å². The molecule has 0 spiro atoms. The number of hydrogen-bond donors (Lipinski definition) is 0. The molecule has 0 N–H and O–H groups in total. The van der Waals surface area contributed by atoms with Crippen molar-refractivity contribution in [3.05, 3.63) is 47.8 Å². The summed E-state index contributed by atoms with van der Waals surface area (Å²) in [7, 11) is 1.98. The number of benzene rings is 1. The average molecular weight is 354 g/mol. The predicted molar refractivity (Wildman–Crippen MR) is 103 cm³/mol. The Balaban J connectivity index is 1.92. The van der Waals surface area contributed by atoms with Crippen LogP contribution in [0, 0.1) is 11.3 Å². The Hall–Kier alpha value is -2.94. The fraction of sp³-hybridized carbons (Fsp3) is 0.400. The minimum Gasteiger partial charge on any atom is -0.460 e. The second-order valence-electron chi connectivity index (χ2n) is 6.08. The highest BCUT2D eigenvalue weighted by Crippen LogP contribution is 2.17. The molecule has 0 fully saturated rings. The highest BCUT2D eigenvalue weighted by Gasteiger charge is 2.13. The first-order valence-corrected chi connectivity index (χ1v) is 8.84. The topological polar surface area (TPSA) is 59.8 Å². The Labute approximate surface area is 155 Å². The van der Waals surface area contributed by atoms with Gasteiger partial charge in [0.15, 0.2) is 0 Å². The van der Waals surface area contributed by atoms with Gasteiger partial charge in [-0.05, 0) is 37.6 Å². The van der Waals surface area contributed by atoms with Crippen molar-refractivity contribution in [2.24, 2.45) is 0 Å². The Morgan fingerprint density at radius 2 is 1.96 bits per heavy atom. The van der Waals surface area contributed by atoms with Crippen molar-refractivity contribution in [2.45, 2.75) is 13.8 Å². The van der Waals surface area contributed by atoms with E-state index in [0.29, 0.717) is 6.54 Å². The van der Waals surface area contributed by atoms with Gasteiger partial charge in [-0.15, -0.1) is 0 Å². The van der Waals surface area contributed by atoms with Gasteiger partial charge in [0.1, 0.15) is 18.2 Å². The average Bonchev–Trinajstić information content (AvgIpc) is 3.07. The number of nitriles is 1.